The number of nitrogens with one attached hydrogen (secondary N) is 1. The van der Waals surface area contributed by atoms with E-state index in [0.29, 0.717) is 29.2 Å². The Morgan fingerprint density at radius 2 is 1.67 bits per heavy atom. The Morgan fingerprint density at radius 1 is 1.03 bits per heavy atom. The Balaban J connectivity index is 1.38. The number of rotatable bonds is 7. The molecule has 1 unspecified atom stereocenters. The third kappa shape index (κ3) is 5.16. The molecule has 1 aliphatic rings. The Kier molecular flexibility index (Phi) is 7.23. The third-order valence-corrected chi connectivity index (χ3v) is 8.76. The summed E-state index contributed by atoms with van der Waals surface area (Å²) in [7, 11) is 0. The fourth-order valence-corrected chi connectivity index (χ4v) is 6.17. The number of halogens is 1. The number of ether oxygens (including phenoxy) is 1. The maximum atomic E-state index is 12.8. The van der Waals surface area contributed by atoms with Gasteiger partial charge in [-0.3, -0.25) is 10.1 Å². The van der Waals surface area contributed by atoms with Crippen LogP contribution in [0.5, 0.6) is 0 Å². The third-order valence-electron chi connectivity index (χ3n) is 7.44. The lowest BCUT2D eigenvalue weighted by molar-refractivity contribution is -0.140. The molecule has 1 aromatic heterocycles. The number of hydrogen-bond acceptors (Lipinski definition) is 5. The quantitative estimate of drug-likeness (QED) is 0.236. The van der Waals surface area contributed by atoms with E-state index in [1.165, 1.54) is 11.5 Å². The zero-order chi connectivity index (χ0) is 27.9. The van der Waals surface area contributed by atoms with Gasteiger partial charge in [0.25, 0.3) is 0 Å². The van der Waals surface area contributed by atoms with Crippen LogP contribution in [-0.4, -0.2) is 21.5 Å². The second kappa shape index (κ2) is 10.5. The minimum atomic E-state index is -0.752. The molecule has 1 heterocycles. The summed E-state index contributed by atoms with van der Waals surface area (Å²) < 4.78 is 10.1. The van der Waals surface area contributed by atoms with Gasteiger partial charge in [0.1, 0.15) is 6.10 Å². The molecule has 0 radical (unpaired) electrons. The van der Waals surface area contributed by atoms with Gasteiger partial charge in [-0.25, -0.2) is 4.79 Å². The molecule has 39 heavy (non-hydrogen) atoms. The lowest BCUT2D eigenvalue weighted by Gasteiger charge is -2.17. The molecule has 3 aromatic carbocycles. The summed E-state index contributed by atoms with van der Waals surface area (Å²) in [5.41, 5.74) is 7.40. The number of amides is 1. The predicted octanol–water partition coefficient (Wildman–Crippen LogP) is 8.48. The molecule has 1 aliphatic carbocycles. The maximum Gasteiger partial charge on any atom is 0.412 e. The zero-order valence-corrected chi connectivity index (χ0v) is 23.7. The fourth-order valence-electron chi connectivity index (χ4n) is 4.95. The van der Waals surface area contributed by atoms with Crippen LogP contribution in [0.1, 0.15) is 53.8 Å². The van der Waals surface area contributed by atoms with Crippen molar-refractivity contribution in [2.75, 3.05) is 5.32 Å². The molecule has 1 atom stereocenters. The summed E-state index contributed by atoms with van der Waals surface area (Å²) in [6.07, 6.45) is 0.277. The second-order valence-electron chi connectivity index (χ2n) is 10.1. The van der Waals surface area contributed by atoms with Crippen molar-refractivity contribution in [1.29, 1.82) is 0 Å². The molecular formula is C31H29ClN2O4S. The van der Waals surface area contributed by atoms with E-state index in [-0.39, 0.29) is 0 Å². The van der Waals surface area contributed by atoms with Gasteiger partial charge in [0.2, 0.25) is 0 Å². The average Bonchev–Trinajstić information content (AvgIpc) is 3.65. The van der Waals surface area contributed by atoms with Gasteiger partial charge in [-0.2, -0.15) is 4.37 Å². The molecule has 1 saturated carbocycles. The molecule has 5 rings (SSSR count). The van der Waals surface area contributed by atoms with E-state index in [1.807, 2.05) is 63.2 Å². The van der Waals surface area contributed by atoms with Crippen LogP contribution in [0.15, 0.2) is 60.7 Å². The number of carbonyl (C=O) groups excluding carboxylic acids is 1. The van der Waals surface area contributed by atoms with Gasteiger partial charge in [0.05, 0.1) is 21.7 Å². The molecule has 1 fully saturated rings. The van der Waals surface area contributed by atoms with Gasteiger partial charge in [0, 0.05) is 10.6 Å². The Bertz CT molecular complexity index is 1570. The van der Waals surface area contributed by atoms with Gasteiger partial charge in [-0.15, -0.1) is 0 Å². The van der Waals surface area contributed by atoms with E-state index >= 15 is 0 Å². The lowest BCUT2D eigenvalue weighted by atomic mass is 9.91. The molecule has 1 amide bonds. The van der Waals surface area contributed by atoms with Crippen molar-refractivity contribution < 1.29 is 19.4 Å². The maximum absolute atomic E-state index is 12.8. The monoisotopic (exact) mass is 560 g/mol. The van der Waals surface area contributed by atoms with Gasteiger partial charge < -0.3 is 9.84 Å². The summed E-state index contributed by atoms with van der Waals surface area (Å²) in [6.45, 7) is 7.72. The number of anilines is 1. The van der Waals surface area contributed by atoms with Crippen LogP contribution in [0, 0.1) is 20.8 Å². The van der Waals surface area contributed by atoms with Crippen LogP contribution in [0.4, 0.5) is 10.5 Å². The molecule has 4 aromatic rings. The number of aromatic nitrogens is 1. The van der Waals surface area contributed by atoms with E-state index < -0.39 is 23.6 Å². The van der Waals surface area contributed by atoms with E-state index in [1.54, 1.807) is 13.0 Å². The molecule has 0 spiro atoms. The van der Waals surface area contributed by atoms with Crippen molar-refractivity contribution in [3.05, 3.63) is 93.6 Å². The average molecular weight is 561 g/mol. The van der Waals surface area contributed by atoms with E-state index in [2.05, 4.69) is 21.8 Å². The van der Waals surface area contributed by atoms with Crippen LogP contribution >= 0.6 is 23.1 Å². The highest BCUT2D eigenvalue weighted by Gasteiger charge is 2.51. The molecule has 0 aliphatic heterocycles. The van der Waals surface area contributed by atoms with Crippen LogP contribution in [0.3, 0.4) is 0 Å². The summed E-state index contributed by atoms with van der Waals surface area (Å²) >= 11 is 7.60. The summed E-state index contributed by atoms with van der Waals surface area (Å²) in [6, 6.07) is 19.4. The number of carbonyl (C=O) groups is 2. The number of nitrogens with zero attached hydrogens (tertiary/aromatic N) is 1. The first-order valence-electron chi connectivity index (χ1n) is 12.7. The number of carboxylic acid groups (broad SMARTS) is 1. The predicted molar refractivity (Wildman–Crippen MR) is 156 cm³/mol. The van der Waals surface area contributed by atoms with Crippen LogP contribution in [-0.2, 0) is 14.9 Å². The Labute approximate surface area is 236 Å². The highest BCUT2D eigenvalue weighted by Crippen LogP contribution is 2.49. The summed E-state index contributed by atoms with van der Waals surface area (Å²) in [5.74, 6) is -0.752. The highest BCUT2D eigenvalue weighted by molar-refractivity contribution is 7.10. The fraction of sp³-hybridized carbons (Fsp3) is 0.258. The molecule has 200 valence electrons. The van der Waals surface area contributed by atoms with Crippen LogP contribution < -0.4 is 5.32 Å². The smallest absolute Gasteiger partial charge is 0.412 e. The van der Waals surface area contributed by atoms with Gasteiger partial charge in [-0.05, 0) is 97.6 Å². The normalized spacial score (nSPS) is 14.5. The van der Waals surface area contributed by atoms with Crippen molar-refractivity contribution in [2.24, 2.45) is 0 Å². The SMILES string of the molecule is Cc1cc(-c2snc(C)c2NC(=O)OC(C)c2ccccc2Cl)c(C)cc1-c1ccc(C2(C(=O)O)CC2)cc1. The molecule has 6 nitrogen and oxygen atoms in total. The van der Waals surface area contributed by atoms with E-state index in [9.17, 15) is 14.7 Å². The Hall–Kier alpha value is -3.68. The highest BCUT2D eigenvalue weighted by atomic mass is 35.5. The number of aliphatic carboxylic acids is 1. The van der Waals surface area contributed by atoms with Gasteiger partial charge in [0.15, 0.2) is 0 Å². The largest absolute Gasteiger partial charge is 0.481 e. The van der Waals surface area contributed by atoms with Crippen molar-refractivity contribution in [3.63, 3.8) is 0 Å². The number of aryl methyl sites for hydroxylation is 3. The standard InChI is InChI=1S/C31H29ClN2O4S/c1-17-16-25(18(2)15-24(17)21-9-11-22(12-10-21)31(13-14-31)29(35)36)28-27(19(3)34-39-28)33-30(37)38-20(4)23-7-5-6-8-26(23)32/h5-12,15-16,20H,13-14H2,1-4H3,(H,33,37)(H,35,36). The molecule has 0 bridgehead atoms. The van der Waals surface area contributed by atoms with Crippen LogP contribution in [0.25, 0.3) is 21.6 Å². The lowest BCUT2D eigenvalue weighted by Crippen LogP contribution is -2.19. The topological polar surface area (TPSA) is 88.5 Å². The Morgan fingerprint density at radius 3 is 2.31 bits per heavy atom. The number of carboxylic acids is 1. The van der Waals surface area contributed by atoms with Crippen molar-refractivity contribution in [1.82, 2.24) is 4.37 Å². The first-order valence-corrected chi connectivity index (χ1v) is 13.9. The van der Waals surface area contributed by atoms with E-state index in [0.717, 1.165) is 43.8 Å². The molecule has 2 N–H and O–H groups in total. The van der Waals surface area contributed by atoms with Crippen LogP contribution in [0.2, 0.25) is 5.02 Å². The van der Waals surface area contributed by atoms with Gasteiger partial charge >= 0.3 is 12.1 Å². The first-order chi connectivity index (χ1) is 18.6. The molecule has 8 heteroatoms. The minimum absolute atomic E-state index is 0.519. The summed E-state index contributed by atoms with van der Waals surface area (Å²) in [5, 5.41) is 13.0. The van der Waals surface area contributed by atoms with Crippen molar-refractivity contribution >= 4 is 40.9 Å². The van der Waals surface area contributed by atoms with E-state index in [4.69, 9.17) is 16.3 Å². The van der Waals surface area contributed by atoms with Crippen molar-refractivity contribution in [3.8, 4) is 21.6 Å². The first kappa shape index (κ1) is 26.9. The zero-order valence-electron chi connectivity index (χ0n) is 22.2. The molecule has 0 saturated heterocycles. The second-order valence-corrected chi connectivity index (χ2v) is 11.3. The number of benzene rings is 3. The minimum Gasteiger partial charge on any atom is -0.481 e. The van der Waals surface area contributed by atoms with Gasteiger partial charge in [-0.1, -0.05) is 60.1 Å². The molecular weight excluding hydrogens is 532 g/mol. The number of hydrogen-bond donors (Lipinski definition) is 2. The van der Waals surface area contributed by atoms with Crippen molar-refractivity contribution in [2.45, 2.75) is 52.1 Å². The summed E-state index contributed by atoms with van der Waals surface area (Å²) in [4.78, 5) is 25.4.